The van der Waals surface area contributed by atoms with Gasteiger partial charge < -0.3 is 30.7 Å². The molecule has 1 aromatic carbocycles. The number of esters is 1. The van der Waals surface area contributed by atoms with Crippen molar-refractivity contribution in [1.29, 1.82) is 0 Å². The van der Waals surface area contributed by atoms with Gasteiger partial charge >= 0.3 is 5.97 Å². The van der Waals surface area contributed by atoms with Gasteiger partial charge in [-0.3, -0.25) is 19.2 Å². The van der Waals surface area contributed by atoms with Crippen molar-refractivity contribution in [3.8, 4) is 0 Å². The van der Waals surface area contributed by atoms with Crippen molar-refractivity contribution in [2.24, 2.45) is 5.92 Å². The smallest absolute Gasteiger partial charge is 0.310 e. The van der Waals surface area contributed by atoms with E-state index in [-0.39, 0.29) is 28.8 Å². The number of ether oxygens (including phenoxy) is 2. The summed E-state index contributed by atoms with van der Waals surface area (Å²) in [5.41, 5.74) is 6.32. The third kappa shape index (κ3) is 6.10. The van der Waals surface area contributed by atoms with Crippen LogP contribution in [0.3, 0.4) is 0 Å². The summed E-state index contributed by atoms with van der Waals surface area (Å²) < 4.78 is 11.1. The Bertz CT molecular complexity index is 1010. The minimum atomic E-state index is -0.860. The maximum atomic E-state index is 13.1. The summed E-state index contributed by atoms with van der Waals surface area (Å²) in [5.74, 6) is -1.17. The Kier molecular flexibility index (Phi) is 8.35. The molecule has 1 unspecified atom stereocenters. The number of hydrogen-bond donors (Lipinski definition) is 3. The van der Waals surface area contributed by atoms with Crippen LogP contribution in [0.2, 0.25) is 5.02 Å². The summed E-state index contributed by atoms with van der Waals surface area (Å²) in [6.07, 6.45) is 4.89. The third-order valence-electron chi connectivity index (χ3n) is 7.08. The highest BCUT2D eigenvalue weighted by atomic mass is 35.5. The molecule has 1 aliphatic carbocycles. The molecule has 0 bridgehead atoms. The summed E-state index contributed by atoms with van der Waals surface area (Å²) >= 11 is 5.99. The average Bonchev–Trinajstić information content (AvgIpc) is 3.60. The maximum Gasteiger partial charge on any atom is 0.310 e. The molecule has 0 spiro atoms. The first-order valence-corrected chi connectivity index (χ1v) is 12.9. The molecular formula is C25H33ClN4O6. The monoisotopic (exact) mass is 520 g/mol. The van der Waals surface area contributed by atoms with Gasteiger partial charge in [0.2, 0.25) is 18.1 Å². The predicted molar refractivity (Wildman–Crippen MR) is 132 cm³/mol. The Balaban J connectivity index is 1.33. The highest BCUT2D eigenvalue weighted by Gasteiger charge is 2.41. The summed E-state index contributed by atoms with van der Waals surface area (Å²) in [7, 11) is 0. The van der Waals surface area contributed by atoms with E-state index in [2.05, 4.69) is 10.6 Å². The lowest BCUT2D eigenvalue weighted by molar-refractivity contribution is -0.168. The molecule has 1 aromatic rings. The SMILES string of the molecule is C[C@H](NC(=O)c1ccc(N)c(Cl)c1)C(=O)N1CCC[C@H]1C(=O)NC1CC(=O)O[C@H]1OCC1CCCC1. The predicted octanol–water partition coefficient (Wildman–Crippen LogP) is 2.00. The van der Waals surface area contributed by atoms with Crippen molar-refractivity contribution in [2.45, 2.75) is 76.3 Å². The normalized spacial score (nSPS) is 25.0. The van der Waals surface area contributed by atoms with Crippen LogP contribution in [0.4, 0.5) is 5.69 Å². The van der Waals surface area contributed by atoms with Crippen molar-refractivity contribution in [3.05, 3.63) is 28.8 Å². The molecular weight excluding hydrogens is 488 g/mol. The van der Waals surface area contributed by atoms with Crippen LogP contribution >= 0.6 is 11.6 Å². The van der Waals surface area contributed by atoms with Gasteiger partial charge in [-0.2, -0.15) is 0 Å². The van der Waals surface area contributed by atoms with Crippen LogP contribution in [-0.4, -0.2) is 66.2 Å². The average molecular weight is 521 g/mol. The van der Waals surface area contributed by atoms with Crippen molar-refractivity contribution in [3.63, 3.8) is 0 Å². The number of nitrogens with zero attached hydrogens (tertiary/aromatic N) is 1. The van der Waals surface area contributed by atoms with Crippen LogP contribution in [0.5, 0.6) is 0 Å². The maximum absolute atomic E-state index is 13.1. The second-order valence-corrected chi connectivity index (χ2v) is 10.2. The van der Waals surface area contributed by atoms with Gasteiger partial charge in [0.25, 0.3) is 5.91 Å². The molecule has 2 heterocycles. The molecule has 11 heteroatoms. The van der Waals surface area contributed by atoms with Crippen molar-refractivity contribution in [2.75, 3.05) is 18.9 Å². The number of likely N-dealkylation sites (tertiary alicyclic amines) is 1. The Morgan fingerprint density at radius 3 is 2.69 bits per heavy atom. The fraction of sp³-hybridized carbons (Fsp3) is 0.600. The molecule has 3 aliphatic rings. The van der Waals surface area contributed by atoms with E-state index in [4.69, 9.17) is 26.8 Å². The number of cyclic esters (lactones) is 1. The zero-order valence-electron chi connectivity index (χ0n) is 20.3. The highest BCUT2D eigenvalue weighted by molar-refractivity contribution is 6.33. The van der Waals surface area contributed by atoms with Gasteiger partial charge in [-0.25, -0.2) is 0 Å². The van der Waals surface area contributed by atoms with Crippen molar-refractivity contribution in [1.82, 2.24) is 15.5 Å². The lowest BCUT2D eigenvalue weighted by Gasteiger charge is -2.28. The van der Waals surface area contributed by atoms with Gasteiger partial charge in [0.05, 0.1) is 23.7 Å². The summed E-state index contributed by atoms with van der Waals surface area (Å²) in [4.78, 5) is 52.2. The molecule has 3 fully saturated rings. The van der Waals surface area contributed by atoms with E-state index in [1.54, 1.807) is 6.92 Å². The molecule has 3 amide bonds. The molecule has 0 radical (unpaired) electrons. The van der Waals surface area contributed by atoms with E-state index in [0.717, 1.165) is 12.8 Å². The van der Waals surface area contributed by atoms with E-state index in [9.17, 15) is 19.2 Å². The number of amides is 3. The number of carbonyl (C=O) groups excluding carboxylic acids is 4. The molecule has 0 aromatic heterocycles. The fourth-order valence-electron chi connectivity index (χ4n) is 5.05. The largest absolute Gasteiger partial charge is 0.433 e. The zero-order chi connectivity index (χ0) is 25.8. The first-order valence-electron chi connectivity index (χ1n) is 12.5. The number of halogens is 1. The van der Waals surface area contributed by atoms with Crippen LogP contribution in [0.1, 0.15) is 62.2 Å². The topological polar surface area (TPSA) is 140 Å². The lowest BCUT2D eigenvalue weighted by atomic mass is 10.1. The molecule has 4 atom stereocenters. The zero-order valence-corrected chi connectivity index (χ0v) is 21.1. The van der Waals surface area contributed by atoms with Crippen LogP contribution in [0.15, 0.2) is 18.2 Å². The van der Waals surface area contributed by atoms with Crippen LogP contribution < -0.4 is 16.4 Å². The number of hydrogen-bond acceptors (Lipinski definition) is 7. The molecule has 1 saturated carbocycles. The van der Waals surface area contributed by atoms with Crippen LogP contribution in [0.25, 0.3) is 0 Å². The molecule has 10 nitrogen and oxygen atoms in total. The fourth-order valence-corrected chi connectivity index (χ4v) is 5.23. The Hall–Kier alpha value is -2.85. The minimum Gasteiger partial charge on any atom is -0.433 e. The molecule has 2 aliphatic heterocycles. The number of nitrogens with one attached hydrogen (secondary N) is 2. The number of nitrogen functional groups attached to an aromatic ring is 1. The summed E-state index contributed by atoms with van der Waals surface area (Å²) in [6, 6.07) is 2.32. The van der Waals surface area contributed by atoms with Gasteiger partial charge in [-0.15, -0.1) is 0 Å². The number of carbonyl (C=O) groups is 4. The van der Waals surface area contributed by atoms with Crippen molar-refractivity contribution < 1.29 is 28.7 Å². The van der Waals surface area contributed by atoms with E-state index in [0.29, 0.717) is 37.6 Å². The lowest BCUT2D eigenvalue weighted by Crippen LogP contribution is -2.54. The van der Waals surface area contributed by atoms with E-state index < -0.39 is 36.3 Å². The second-order valence-electron chi connectivity index (χ2n) is 9.78. The highest BCUT2D eigenvalue weighted by Crippen LogP contribution is 2.27. The summed E-state index contributed by atoms with van der Waals surface area (Å²) in [5, 5.41) is 5.77. The standard InChI is InChI=1S/C25H33ClN4O6/c1-14(28-22(32)16-8-9-18(27)17(26)11-16)24(34)30-10-4-7-20(30)23(33)29-19-12-21(31)36-25(19)35-13-15-5-2-3-6-15/h8-9,11,14-15,19-20,25H,2-7,10,12-13,27H2,1H3,(H,28,32)(H,29,33)/t14-,19?,20-,25+/m0/s1. The van der Waals surface area contributed by atoms with E-state index in [1.165, 1.54) is 35.9 Å². The number of benzene rings is 1. The summed E-state index contributed by atoms with van der Waals surface area (Å²) in [6.45, 7) is 2.46. The Morgan fingerprint density at radius 1 is 1.22 bits per heavy atom. The first-order chi connectivity index (χ1) is 17.2. The van der Waals surface area contributed by atoms with Crippen LogP contribution in [-0.2, 0) is 23.9 Å². The van der Waals surface area contributed by atoms with E-state index >= 15 is 0 Å². The van der Waals surface area contributed by atoms with Gasteiger partial charge in [0, 0.05) is 12.1 Å². The minimum absolute atomic E-state index is 0.0261. The van der Waals surface area contributed by atoms with E-state index in [1.807, 2.05) is 0 Å². The quantitative estimate of drug-likeness (QED) is 0.351. The van der Waals surface area contributed by atoms with Gasteiger partial charge in [0.15, 0.2) is 0 Å². The number of rotatable bonds is 8. The molecule has 36 heavy (non-hydrogen) atoms. The van der Waals surface area contributed by atoms with Gasteiger partial charge in [0.1, 0.15) is 18.1 Å². The third-order valence-corrected chi connectivity index (χ3v) is 7.41. The second kappa shape index (κ2) is 11.5. The molecule has 196 valence electrons. The number of anilines is 1. The first kappa shape index (κ1) is 26.2. The Morgan fingerprint density at radius 2 is 1.97 bits per heavy atom. The molecule has 2 saturated heterocycles. The Labute approximate surface area is 215 Å². The molecule has 4 rings (SSSR count). The number of nitrogens with two attached hydrogens (primary N) is 1. The van der Waals surface area contributed by atoms with Crippen LogP contribution in [0, 0.1) is 5.92 Å². The van der Waals surface area contributed by atoms with Crippen molar-refractivity contribution >= 4 is 41.0 Å². The van der Waals surface area contributed by atoms with Gasteiger partial charge in [-0.05, 0) is 56.7 Å². The molecule has 4 N–H and O–H groups in total. The van der Waals surface area contributed by atoms with Gasteiger partial charge in [-0.1, -0.05) is 24.4 Å².